The lowest BCUT2D eigenvalue weighted by molar-refractivity contribution is 0.0690. The SMILES string of the molecule is COCCCC(CNc1cnc(C(=O)O)cn1)c1ccc(Cl)cc1. The number of carbonyl (C=O) groups is 1. The molecule has 6 nitrogen and oxygen atoms in total. The van der Waals surface area contributed by atoms with Crippen LogP contribution in [0.25, 0.3) is 0 Å². The molecular formula is C17H20ClN3O3. The van der Waals surface area contributed by atoms with Crippen LogP contribution < -0.4 is 5.32 Å². The molecular weight excluding hydrogens is 330 g/mol. The molecule has 1 unspecified atom stereocenters. The number of benzene rings is 1. The molecule has 2 rings (SSSR count). The minimum absolute atomic E-state index is 0.0742. The van der Waals surface area contributed by atoms with Crippen molar-refractivity contribution in [1.82, 2.24) is 9.97 Å². The molecule has 0 fully saturated rings. The highest BCUT2D eigenvalue weighted by Gasteiger charge is 2.12. The summed E-state index contributed by atoms with van der Waals surface area (Å²) in [5, 5.41) is 12.8. The van der Waals surface area contributed by atoms with Crippen molar-refractivity contribution in [2.45, 2.75) is 18.8 Å². The predicted molar refractivity (Wildman–Crippen MR) is 92.8 cm³/mol. The Kier molecular flexibility index (Phi) is 6.96. The third kappa shape index (κ3) is 5.47. The van der Waals surface area contributed by atoms with Gasteiger partial charge in [-0.15, -0.1) is 0 Å². The van der Waals surface area contributed by atoms with Gasteiger partial charge in [-0.1, -0.05) is 23.7 Å². The third-order valence-corrected chi connectivity index (χ3v) is 3.89. The van der Waals surface area contributed by atoms with Gasteiger partial charge in [0.1, 0.15) is 5.82 Å². The van der Waals surface area contributed by atoms with Crippen molar-refractivity contribution in [2.24, 2.45) is 0 Å². The standard InChI is InChI=1S/C17H20ClN3O3/c1-24-8-2-3-13(12-4-6-14(18)7-5-12)9-20-16-11-19-15(10-21-16)17(22)23/h4-7,10-11,13H,2-3,8-9H2,1H3,(H,20,21)(H,22,23). The average molecular weight is 350 g/mol. The first-order chi connectivity index (χ1) is 11.6. The molecule has 1 aromatic heterocycles. The van der Waals surface area contributed by atoms with Gasteiger partial charge in [0.25, 0.3) is 0 Å². The maximum atomic E-state index is 10.8. The zero-order valence-electron chi connectivity index (χ0n) is 13.4. The topological polar surface area (TPSA) is 84.3 Å². The fourth-order valence-electron chi connectivity index (χ4n) is 2.35. The molecule has 128 valence electrons. The predicted octanol–water partition coefficient (Wildman–Crippen LogP) is 3.45. The van der Waals surface area contributed by atoms with Crippen molar-refractivity contribution in [3.8, 4) is 0 Å². The van der Waals surface area contributed by atoms with E-state index >= 15 is 0 Å². The highest BCUT2D eigenvalue weighted by molar-refractivity contribution is 6.30. The Balaban J connectivity index is 2.01. The number of ether oxygens (including phenoxy) is 1. The number of hydrogen-bond acceptors (Lipinski definition) is 5. The number of nitrogens with one attached hydrogen (secondary N) is 1. The summed E-state index contributed by atoms with van der Waals surface area (Å²) in [5.74, 6) is -0.281. The Morgan fingerprint density at radius 1 is 1.29 bits per heavy atom. The number of hydrogen-bond donors (Lipinski definition) is 2. The second-order valence-corrected chi connectivity index (χ2v) is 5.79. The summed E-state index contributed by atoms with van der Waals surface area (Å²) >= 11 is 5.95. The minimum atomic E-state index is -1.09. The fraction of sp³-hybridized carbons (Fsp3) is 0.353. The lowest BCUT2D eigenvalue weighted by atomic mass is 9.94. The van der Waals surface area contributed by atoms with E-state index < -0.39 is 5.97 Å². The van der Waals surface area contributed by atoms with E-state index in [1.165, 1.54) is 18.0 Å². The lowest BCUT2D eigenvalue weighted by Gasteiger charge is -2.18. The largest absolute Gasteiger partial charge is 0.476 e. The molecule has 7 heteroatoms. The highest BCUT2D eigenvalue weighted by atomic mass is 35.5. The molecule has 1 heterocycles. The van der Waals surface area contributed by atoms with E-state index in [2.05, 4.69) is 15.3 Å². The van der Waals surface area contributed by atoms with E-state index in [0.29, 0.717) is 24.0 Å². The van der Waals surface area contributed by atoms with Crippen LogP contribution in [-0.4, -0.2) is 41.3 Å². The van der Waals surface area contributed by atoms with Gasteiger partial charge in [-0.05, 0) is 30.5 Å². The Hall–Kier alpha value is -2.18. The third-order valence-electron chi connectivity index (χ3n) is 3.64. The highest BCUT2D eigenvalue weighted by Crippen LogP contribution is 2.23. The van der Waals surface area contributed by atoms with Gasteiger partial charge in [-0.3, -0.25) is 0 Å². The van der Waals surface area contributed by atoms with Crippen LogP contribution >= 0.6 is 11.6 Å². The van der Waals surface area contributed by atoms with E-state index in [4.69, 9.17) is 21.4 Å². The molecule has 1 atom stereocenters. The van der Waals surface area contributed by atoms with Gasteiger partial charge in [-0.25, -0.2) is 14.8 Å². The van der Waals surface area contributed by atoms with E-state index in [9.17, 15) is 4.79 Å². The molecule has 0 spiro atoms. The Morgan fingerprint density at radius 2 is 2.04 bits per heavy atom. The number of aromatic nitrogens is 2. The molecule has 0 amide bonds. The number of carboxylic acids is 1. The van der Waals surface area contributed by atoms with Crippen LogP contribution in [0.5, 0.6) is 0 Å². The summed E-state index contributed by atoms with van der Waals surface area (Å²) in [4.78, 5) is 18.7. The van der Waals surface area contributed by atoms with Crippen LogP contribution in [0.15, 0.2) is 36.7 Å². The van der Waals surface area contributed by atoms with E-state index in [1.807, 2.05) is 24.3 Å². The number of carboxylic acid groups (broad SMARTS) is 1. The number of anilines is 1. The number of halogens is 1. The molecule has 0 saturated heterocycles. The Bertz CT molecular complexity index is 647. The molecule has 2 N–H and O–H groups in total. The second-order valence-electron chi connectivity index (χ2n) is 5.36. The molecule has 0 aliphatic heterocycles. The van der Waals surface area contributed by atoms with Crippen LogP contribution in [0.3, 0.4) is 0 Å². The smallest absolute Gasteiger partial charge is 0.356 e. The molecule has 0 radical (unpaired) electrons. The Labute approximate surface area is 145 Å². The molecule has 24 heavy (non-hydrogen) atoms. The van der Waals surface area contributed by atoms with Gasteiger partial charge >= 0.3 is 5.97 Å². The first-order valence-corrected chi connectivity index (χ1v) is 8.01. The fourth-order valence-corrected chi connectivity index (χ4v) is 2.48. The summed E-state index contributed by atoms with van der Waals surface area (Å²) in [7, 11) is 1.69. The van der Waals surface area contributed by atoms with Crippen LogP contribution in [-0.2, 0) is 4.74 Å². The molecule has 0 aliphatic rings. The van der Waals surface area contributed by atoms with E-state index in [0.717, 1.165) is 12.8 Å². The van der Waals surface area contributed by atoms with Gasteiger partial charge in [0.2, 0.25) is 0 Å². The first kappa shape index (κ1) is 18.2. The van der Waals surface area contributed by atoms with Crippen LogP contribution in [0.2, 0.25) is 5.02 Å². The van der Waals surface area contributed by atoms with Crippen LogP contribution in [0.4, 0.5) is 5.82 Å². The van der Waals surface area contributed by atoms with Crippen molar-refractivity contribution in [3.63, 3.8) is 0 Å². The molecule has 1 aromatic carbocycles. The number of nitrogens with zero attached hydrogens (tertiary/aromatic N) is 2. The summed E-state index contributed by atoms with van der Waals surface area (Å²) in [5.41, 5.74) is 1.10. The molecule has 2 aromatic rings. The van der Waals surface area contributed by atoms with Crippen molar-refractivity contribution >= 4 is 23.4 Å². The number of methoxy groups -OCH3 is 1. The summed E-state index contributed by atoms with van der Waals surface area (Å²) < 4.78 is 5.13. The first-order valence-electron chi connectivity index (χ1n) is 7.63. The molecule has 0 aliphatic carbocycles. The average Bonchev–Trinajstić information content (AvgIpc) is 2.59. The zero-order valence-corrected chi connectivity index (χ0v) is 14.2. The van der Waals surface area contributed by atoms with E-state index in [1.54, 1.807) is 7.11 Å². The normalized spacial score (nSPS) is 11.9. The number of aromatic carboxylic acids is 1. The summed E-state index contributed by atoms with van der Waals surface area (Å²) in [6, 6.07) is 7.78. The minimum Gasteiger partial charge on any atom is -0.476 e. The van der Waals surface area contributed by atoms with Gasteiger partial charge in [0.15, 0.2) is 5.69 Å². The van der Waals surface area contributed by atoms with Crippen molar-refractivity contribution in [2.75, 3.05) is 25.6 Å². The quantitative estimate of drug-likeness (QED) is 0.674. The number of rotatable bonds is 9. The maximum Gasteiger partial charge on any atom is 0.356 e. The van der Waals surface area contributed by atoms with E-state index in [-0.39, 0.29) is 11.6 Å². The van der Waals surface area contributed by atoms with Crippen LogP contribution in [0, 0.1) is 0 Å². The van der Waals surface area contributed by atoms with Crippen molar-refractivity contribution < 1.29 is 14.6 Å². The van der Waals surface area contributed by atoms with Gasteiger partial charge < -0.3 is 15.2 Å². The molecule has 0 saturated carbocycles. The van der Waals surface area contributed by atoms with Gasteiger partial charge in [0, 0.05) is 31.2 Å². The monoisotopic (exact) mass is 349 g/mol. The van der Waals surface area contributed by atoms with Gasteiger partial charge in [-0.2, -0.15) is 0 Å². The summed E-state index contributed by atoms with van der Waals surface area (Å²) in [6.45, 7) is 1.36. The maximum absolute atomic E-state index is 10.8. The van der Waals surface area contributed by atoms with Crippen LogP contribution in [0.1, 0.15) is 34.8 Å². The lowest BCUT2D eigenvalue weighted by Crippen LogP contribution is -2.15. The van der Waals surface area contributed by atoms with Crippen molar-refractivity contribution in [3.05, 3.63) is 52.9 Å². The summed E-state index contributed by atoms with van der Waals surface area (Å²) in [6.07, 6.45) is 4.56. The van der Waals surface area contributed by atoms with Crippen molar-refractivity contribution in [1.29, 1.82) is 0 Å². The van der Waals surface area contributed by atoms with Gasteiger partial charge in [0.05, 0.1) is 12.4 Å². The Morgan fingerprint density at radius 3 is 2.62 bits per heavy atom. The molecule has 0 bridgehead atoms. The second kappa shape index (κ2) is 9.20. The zero-order chi connectivity index (χ0) is 17.4.